The van der Waals surface area contributed by atoms with Gasteiger partial charge in [0.1, 0.15) is 0 Å². The van der Waals surface area contributed by atoms with E-state index in [0.717, 1.165) is 29.0 Å². The number of alkyl halides is 2. The number of allylic oxidation sites excluding steroid dienone is 1. The molecule has 2 N–H and O–H groups in total. The van der Waals surface area contributed by atoms with Crippen molar-refractivity contribution in [3.63, 3.8) is 0 Å². The summed E-state index contributed by atoms with van der Waals surface area (Å²) in [6.07, 6.45) is 3.46. The first-order valence-corrected chi connectivity index (χ1v) is 13.8. The average Bonchev–Trinajstić information content (AvgIpc) is 3.10. The van der Waals surface area contributed by atoms with Gasteiger partial charge in [-0.2, -0.15) is 0 Å². The summed E-state index contributed by atoms with van der Waals surface area (Å²) in [5.74, 6) is -1.42. The fraction of sp³-hybridized carbons (Fsp3) is 0.474. The van der Waals surface area contributed by atoms with Crippen LogP contribution in [0.2, 0.25) is 0 Å². The van der Waals surface area contributed by atoms with Crippen LogP contribution in [-0.2, 0) is 7.80 Å². The fourth-order valence-corrected chi connectivity index (χ4v) is 9.17. The molecule has 0 radical (unpaired) electrons. The molecule has 0 bridgehead atoms. The number of nitrogens with one attached hydrogen (secondary N) is 1. The Morgan fingerprint density at radius 1 is 1.48 bits per heavy atom. The van der Waals surface area contributed by atoms with Gasteiger partial charge in [-0.15, -0.1) is 0 Å². The van der Waals surface area contributed by atoms with E-state index < -0.39 is 44.1 Å². The van der Waals surface area contributed by atoms with Gasteiger partial charge in [0.25, 0.3) is 0 Å². The number of carbonyl (C=O) groups is 2. The Balaban J connectivity index is 1.70. The molecule has 3 atom stereocenters. The molecule has 6 nitrogen and oxygen atoms in total. The first-order chi connectivity index (χ1) is 13.0. The molecule has 2 aliphatic rings. The van der Waals surface area contributed by atoms with Crippen molar-refractivity contribution in [1.82, 2.24) is 5.32 Å². The molecule has 2 fully saturated rings. The van der Waals surface area contributed by atoms with E-state index in [9.17, 15) is 14.7 Å². The van der Waals surface area contributed by atoms with Crippen LogP contribution in [0.5, 0.6) is 0 Å². The average molecular weight is 505 g/mol. The van der Waals surface area contributed by atoms with E-state index in [0.29, 0.717) is 15.7 Å². The van der Waals surface area contributed by atoms with Crippen LogP contribution >= 0.6 is 32.0 Å². The molecule has 2 unspecified atom stereocenters. The summed E-state index contributed by atoms with van der Waals surface area (Å²) < 4.78 is 13.4. The second kappa shape index (κ2) is 9.40. The molecule has 3 rings (SSSR count). The predicted octanol–water partition coefficient (Wildman–Crippen LogP) is 3.53. The summed E-state index contributed by atoms with van der Waals surface area (Å²) >= 11 is -0.866. The van der Waals surface area contributed by atoms with Gasteiger partial charge < -0.3 is 0 Å². The van der Waals surface area contributed by atoms with E-state index in [4.69, 9.17) is 7.80 Å². The number of benzene rings is 1. The Morgan fingerprint density at radius 2 is 2.26 bits per heavy atom. The van der Waals surface area contributed by atoms with Crippen molar-refractivity contribution in [2.24, 2.45) is 0 Å². The molecular formula is C19H24INO5S. The van der Waals surface area contributed by atoms with Gasteiger partial charge in [-0.25, -0.2) is 0 Å². The van der Waals surface area contributed by atoms with Crippen LogP contribution in [0.4, 0.5) is 4.79 Å². The van der Waals surface area contributed by atoms with Crippen LogP contribution in [0.1, 0.15) is 29.6 Å². The van der Waals surface area contributed by atoms with Gasteiger partial charge in [0, 0.05) is 0 Å². The predicted molar refractivity (Wildman–Crippen MR) is 114 cm³/mol. The van der Waals surface area contributed by atoms with Crippen molar-refractivity contribution in [2.75, 3.05) is 14.6 Å². The van der Waals surface area contributed by atoms with E-state index >= 15 is 0 Å². The first kappa shape index (κ1) is 20.6. The number of unbranched alkanes of at least 4 members (excludes halogenated alkanes) is 1. The molecule has 0 aliphatic carbocycles. The van der Waals surface area contributed by atoms with Crippen molar-refractivity contribution >= 4 is 43.2 Å². The minimum absolute atomic E-state index is 0.160. The van der Waals surface area contributed by atoms with Crippen LogP contribution in [-0.4, -0.2) is 48.9 Å². The SMILES string of the molecule is C=CCCCI1CC(OC(=O)c2ccccc2)C[C@@](O)(C2CSC(=O)N2)O1. The zero-order valence-corrected chi connectivity index (χ0v) is 17.9. The van der Waals surface area contributed by atoms with Crippen LogP contribution in [0.15, 0.2) is 43.0 Å². The second-order valence-electron chi connectivity index (χ2n) is 6.50. The molecule has 148 valence electrons. The number of carbonyl (C=O) groups excluding carboxylic acids is 2. The Labute approximate surface area is 171 Å². The molecule has 2 saturated heterocycles. The van der Waals surface area contributed by atoms with E-state index in [1.54, 1.807) is 24.3 Å². The van der Waals surface area contributed by atoms with Gasteiger partial charge in [0.15, 0.2) is 0 Å². The first-order valence-electron chi connectivity index (χ1n) is 8.84. The minimum atomic E-state index is -2.00. The van der Waals surface area contributed by atoms with Crippen molar-refractivity contribution in [1.29, 1.82) is 0 Å². The summed E-state index contributed by atoms with van der Waals surface area (Å²) in [7, 11) is 0. The Morgan fingerprint density at radius 3 is 2.93 bits per heavy atom. The molecule has 0 aromatic heterocycles. The van der Waals surface area contributed by atoms with Gasteiger partial charge in [-0.3, -0.25) is 0 Å². The summed E-state index contributed by atoms with van der Waals surface area (Å²) in [5, 5.41) is 13.8. The molecule has 2 heterocycles. The molecule has 2 aliphatic heterocycles. The third kappa shape index (κ3) is 5.46. The van der Waals surface area contributed by atoms with Crippen molar-refractivity contribution in [3.8, 4) is 0 Å². The maximum atomic E-state index is 12.4. The fourth-order valence-electron chi connectivity index (χ4n) is 3.00. The quantitative estimate of drug-likeness (QED) is 0.194. The summed E-state index contributed by atoms with van der Waals surface area (Å²) in [5.41, 5.74) is 0.490. The summed E-state index contributed by atoms with van der Waals surface area (Å²) in [6.45, 7) is 3.74. The Kier molecular flexibility index (Phi) is 7.18. The van der Waals surface area contributed by atoms with E-state index in [1.807, 2.05) is 12.1 Å². The van der Waals surface area contributed by atoms with Crippen molar-refractivity contribution < 1.29 is 22.5 Å². The van der Waals surface area contributed by atoms with Gasteiger partial charge in [0.2, 0.25) is 0 Å². The van der Waals surface area contributed by atoms with Crippen LogP contribution < -0.4 is 5.32 Å². The topological polar surface area (TPSA) is 84.9 Å². The number of hydrogen-bond donors (Lipinski definition) is 2. The van der Waals surface area contributed by atoms with Crippen LogP contribution in [0.25, 0.3) is 0 Å². The third-order valence-electron chi connectivity index (χ3n) is 4.36. The molecule has 0 saturated carbocycles. The molecule has 0 spiro atoms. The van der Waals surface area contributed by atoms with E-state index in [-0.39, 0.29) is 11.7 Å². The maximum absolute atomic E-state index is 12.4. The number of rotatable bonds is 7. The van der Waals surface area contributed by atoms with Crippen molar-refractivity contribution in [3.05, 3.63) is 48.6 Å². The number of aliphatic hydroxyl groups is 1. The van der Waals surface area contributed by atoms with Gasteiger partial charge in [-0.1, -0.05) is 0 Å². The van der Waals surface area contributed by atoms with Gasteiger partial charge in [0.05, 0.1) is 0 Å². The summed E-state index contributed by atoms with van der Waals surface area (Å²) in [4.78, 5) is 24.0. The van der Waals surface area contributed by atoms with Crippen LogP contribution in [0, 0.1) is 0 Å². The normalized spacial score (nSPS) is 29.2. The molecular weight excluding hydrogens is 481 g/mol. The summed E-state index contributed by atoms with van der Waals surface area (Å²) in [6, 6.07) is 8.36. The number of thioether (sulfide) groups is 1. The zero-order chi connectivity index (χ0) is 19.3. The number of amides is 1. The van der Waals surface area contributed by atoms with Gasteiger partial charge >= 0.3 is 171 Å². The second-order valence-corrected chi connectivity index (χ2v) is 12.2. The van der Waals surface area contributed by atoms with E-state index in [2.05, 4.69) is 11.9 Å². The van der Waals surface area contributed by atoms with Crippen molar-refractivity contribution in [2.45, 2.75) is 37.2 Å². The molecule has 1 aromatic carbocycles. The number of esters is 1. The molecule has 1 amide bonds. The number of hydrogen-bond acceptors (Lipinski definition) is 6. The number of ether oxygens (including phenoxy) is 1. The molecule has 27 heavy (non-hydrogen) atoms. The van der Waals surface area contributed by atoms with Gasteiger partial charge in [-0.05, 0) is 0 Å². The third-order valence-corrected chi connectivity index (χ3v) is 10.6. The number of halogens is 1. The van der Waals surface area contributed by atoms with Crippen LogP contribution in [0.3, 0.4) is 0 Å². The van der Waals surface area contributed by atoms with E-state index in [1.165, 1.54) is 0 Å². The monoisotopic (exact) mass is 505 g/mol. The molecule has 1 aromatic rings. The standard InChI is InChI=1S/C19H24INO5S/c1-2-3-7-10-20-12-15(25-17(22)14-8-5-4-6-9-14)11-19(24,26-20)16-13-27-18(23)21-16/h2,4-6,8-9,15-16,24H,1,3,7,10-13H2,(H,21,23)/t15?,16?,19-/m0/s1. The Bertz CT molecular complexity index is 688. The Hall–Kier alpha value is -1.10. The zero-order valence-electron chi connectivity index (χ0n) is 14.9. The molecule has 8 heteroatoms.